The molecule has 1 saturated carbocycles. The number of rotatable bonds is 6. The summed E-state index contributed by atoms with van der Waals surface area (Å²) in [6, 6.07) is 1.17. The minimum absolute atomic E-state index is 0.145. The molecule has 1 aliphatic rings. The Kier molecular flexibility index (Phi) is 3.74. The lowest BCUT2D eigenvalue weighted by molar-refractivity contribution is -0.148. The zero-order valence-corrected chi connectivity index (χ0v) is 9.75. The average molecular weight is 280 g/mol. The van der Waals surface area contributed by atoms with E-state index in [4.69, 9.17) is 5.84 Å². The Morgan fingerprint density at radius 1 is 1.42 bits per heavy atom. The molecule has 0 unspecified atom stereocenters. The van der Waals surface area contributed by atoms with E-state index in [9.17, 15) is 17.6 Å². The molecule has 2 rings (SSSR count). The van der Waals surface area contributed by atoms with Gasteiger partial charge in [0.15, 0.2) is 6.61 Å². The minimum Gasteiger partial charge on any atom is -0.471 e. The summed E-state index contributed by atoms with van der Waals surface area (Å²) < 4.78 is 54.0. The van der Waals surface area contributed by atoms with Crippen molar-refractivity contribution in [2.24, 2.45) is 5.84 Å². The molecule has 106 valence electrons. The molecule has 0 aromatic carbocycles. The predicted octanol–water partition coefficient (Wildman–Crippen LogP) is 1.92. The van der Waals surface area contributed by atoms with Crippen molar-refractivity contribution in [2.45, 2.75) is 31.1 Å². The van der Waals surface area contributed by atoms with Gasteiger partial charge < -0.3 is 10.2 Å². The van der Waals surface area contributed by atoms with Crippen LogP contribution in [0, 0.1) is 0 Å². The number of nitrogens with zero attached hydrogens (tertiary/aromatic N) is 2. The van der Waals surface area contributed by atoms with Gasteiger partial charge in [-0.2, -0.15) is 13.8 Å². The van der Waals surface area contributed by atoms with Crippen LogP contribution < -0.4 is 16.0 Å². The van der Waals surface area contributed by atoms with E-state index in [2.05, 4.69) is 20.1 Å². The summed E-state index contributed by atoms with van der Waals surface area (Å²) in [5.41, 5.74) is 2.24. The Morgan fingerprint density at radius 2 is 2.11 bits per heavy atom. The number of anilines is 1. The van der Waals surface area contributed by atoms with Gasteiger partial charge in [0.1, 0.15) is 11.6 Å². The lowest BCUT2D eigenvalue weighted by atomic mass is 10.3. The summed E-state index contributed by atoms with van der Waals surface area (Å²) in [4.78, 5) is 7.93. The van der Waals surface area contributed by atoms with Crippen molar-refractivity contribution >= 4 is 5.82 Å². The van der Waals surface area contributed by atoms with Crippen LogP contribution in [0.2, 0.25) is 0 Å². The van der Waals surface area contributed by atoms with E-state index in [1.807, 2.05) is 0 Å². The maximum Gasteiger partial charge on any atom is 0.340 e. The zero-order chi connectivity index (χ0) is 14.0. The van der Waals surface area contributed by atoms with Crippen LogP contribution in [-0.2, 0) is 0 Å². The van der Waals surface area contributed by atoms with Crippen LogP contribution in [0.25, 0.3) is 0 Å². The van der Waals surface area contributed by atoms with Gasteiger partial charge in [-0.05, 0) is 12.8 Å². The standard InChI is InChI=1S/C10H12F4N4O/c11-9(12)10(13,14)4-19-7-3-6(18-15)16-8(17-7)5-1-2-5/h3,5,9H,1-2,4,15H2,(H,16,17,18). The van der Waals surface area contributed by atoms with E-state index < -0.39 is 19.0 Å². The first kappa shape index (κ1) is 13.8. The first-order valence-corrected chi connectivity index (χ1v) is 5.57. The number of aromatic nitrogens is 2. The molecule has 1 heterocycles. The lowest BCUT2D eigenvalue weighted by Crippen LogP contribution is -2.34. The number of alkyl halides is 4. The highest BCUT2D eigenvalue weighted by Crippen LogP contribution is 2.39. The zero-order valence-electron chi connectivity index (χ0n) is 9.75. The molecule has 1 fully saturated rings. The summed E-state index contributed by atoms with van der Waals surface area (Å²) >= 11 is 0. The van der Waals surface area contributed by atoms with E-state index >= 15 is 0 Å². The summed E-state index contributed by atoms with van der Waals surface area (Å²) in [6.45, 7) is -1.45. The molecular weight excluding hydrogens is 268 g/mol. The molecule has 0 spiro atoms. The highest BCUT2D eigenvalue weighted by molar-refractivity contribution is 5.38. The molecule has 0 bridgehead atoms. The van der Waals surface area contributed by atoms with Crippen LogP contribution in [0.4, 0.5) is 23.4 Å². The van der Waals surface area contributed by atoms with E-state index in [0.29, 0.717) is 5.82 Å². The second-order valence-electron chi connectivity index (χ2n) is 4.22. The number of halogens is 4. The van der Waals surface area contributed by atoms with E-state index in [1.54, 1.807) is 0 Å². The number of hydrogen-bond donors (Lipinski definition) is 2. The van der Waals surface area contributed by atoms with Crippen molar-refractivity contribution in [3.05, 3.63) is 11.9 Å². The van der Waals surface area contributed by atoms with Crippen molar-refractivity contribution in [1.29, 1.82) is 0 Å². The number of nitrogens with one attached hydrogen (secondary N) is 1. The average Bonchev–Trinajstić information content (AvgIpc) is 3.20. The first-order chi connectivity index (χ1) is 8.92. The van der Waals surface area contributed by atoms with Gasteiger partial charge in [0.05, 0.1) is 0 Å². The van der Waals surface area contributed by atoms with Crippen molar-refractivity contribution in [3.8, 4) is 5.88 Å². The van der Waals surface area contributed by atoms with Crippen molar-refractivity contribution < 1.29 is 22.3 Å². The Hall–Kier alpha value is -1.64. The summed E-state index contributed by atoms with van der Waals surface area (Å²) in [6.07, 6.45) is -2.01. The number of nitrogens with two attached hydrogens (primary N) is 1. The molecule has 3 N–H and O–H groups in total. The number of hydrazine groups is 1. The second kappa shape index (κ2) is 5.16. The topological polar surface area (TPSA) is 73.1 Å². The van der Waals surface area contributed by atoms with Gasteiger partial charge in [-0.15, -0.1) is 0 Å². The van der Waals surface area contributed by atoms with E-state index in [0.717, 1.165) is 12.8 Å². The Labute approximate surface area is 106 Å². The smallest absolute Gasteiger partial charge is 0.340 e. The van der Waals surface area contributed by atoms with Gasteiger partial charge in [-0.3, -0.25) is 0 Å². The fourth-order valence-corrected chi connectivity index (χ4v) is 1.35. The minimum atomic E-state index is -4.22. The normalized spacial score (nSPS) is 15.7. The first-order valence-electron chi connectivity index (χ1n) is 5.57. The van der Waals surface area contributed by atoms with Crippen molar-refractivity contribution in [3.63, 3.8) is 0 Å². The quantitative estimate of drug-likeness (QED) is 0.473. The molecule has 1 aromatic heterocycles. The molecule has 0 saturated heterocycles. The lowest BCUT2D eigenvalue weighted by Gasteiger charge is -2.16. The third-order valence-electron chi connectivity index (χ3n) is 2.54. The third-order valence-corrected chi connectivity index (χ3v) is 2.54. The molecule has 1 aliphatic carbocycles. The summed E-state index contributed by atoms with van der Waals surface area (Å²) in [7, 11) is 0. The molecule has 5 nitrogen and oxygen atoms in total. The number of nitrogen functional groups attached to an aromatic ring is 1. The SMILES string of the molecule is NNc1cc(OCC(F)(F)C(F)F)nc(C2CC2)n1. The summed E-state index contributed by atoms with van der Waals surface area (Å²) in [5, 5.41) is 0. The van der Waals surface area contributed by atoms with E-state index in [1.165, 1.54) is 6.07 Å². The van der Waals surface area contributed by atoms with Crippen LogP contribution in [0.1, 0.15) is 24.6 Å². The molecule has 9 heteroatoms. The van der Waals surface area contributed by atoms with Crippen molar-refractivity contribution in [2.75, 3.05) is 12.0 Å². The fourth-order valence-electron chi connectivity index (χ4n) is 1.35. The van der Waals surface area contributed by atoms with Crippen LogP contribution >= 0.6 is 0 Å². The van der Waals surface area contributed by atoms with Gasteiger partial charge in [-0.1, -0.05) is 0 Å². The Morgan fingerprint density at radius 3 is 2.63 bits per heavy atom. The van der Waals surface area contributed by atoms with Gasteiger partial charge in [0, 0.05) is 12.0 Å². The third kappa shape index (κ3) is 3.43. The van der Waals surface area contributed by atoms with Crippen LogP contribution in [-0.4, -0.2) is 28.9 Å². The molecule has 0 radical (unpaired) electrons. The van der Waals surface area contributed by atoms with Gasteiger partial charge >= 0.3 is 12.3 Å². The monoisotopic (exact) mass is 280 g/mol. The summed E-state index contributed by atoms with van der Waals surface area (Å²) in [5.74, 6) is 1.49. The van der Waals surface area contributed by atoms with Gasteiger partial charge in [0.25, 0.3) is 0 Å². The maximum absolute atomic E-state index is 12.7. The largest absolute Gasteiger partial charge is 0.471 e. The molecule has 0 aliphatic heterocycles. The predicted molar refractivity (Wildman–Crippen MR) is 58.3 cm³/mol. The molecule has 0 amide bonds. The Bertz CT molecular complexity index is 453. The highest BCUT2D eigenvalue weighted by Gasteiger charge is 2.42. The fraction of sp³-hybridized carbons (Fsp3) is 0.600. The Balaban J connectivity index is 2.09. The van der Waals surface area contributed by atoms with Gasteiger partial charge in [0.2, 0.25) is 5.88 Å². The number of ether oxygens (including phenoxy) is 1. The van der Waals surface area contributed by atoms with Crippen molar-refractivity contribution in [1.82, 2.24) is 9.97 Å². The molecule has 1 aromatic rings. The molecular formula is C10H12F4N4O. The molecule has 19 heavy (non-hydrogen) atoms. The molecule has 0 atom stereocenters. The van der Waals surface area contributed by atoms with E-state index in [-0.39, 0.29) is 17.6 Å². The van der Waals surface area contributed by atoms with Gasteiger partial charge in [-0.25, -0.2) is 19.6 Å². The van der Waals surface area contributed by atoms with Crippen LogP contribution in [0.3, 0.4) is 0 Å². The maximum atomic E-state index is 12.7. The second-order valence-corrected chi connectivity index (χ2v) is 4.22. The number of hydrogen-bond acceptors (Lipinski definition) is 5. The van der Waals surface area contributed by atoms with Crippen LogP contribution in [0.15, 0.2) is 6.07 Å². The van der Waals surface area contributed by atoms with Crippen LogP contribution in [0.5, 0.6) is 5.88 Å². The highest BCUT2D eigenvalue weighted by atomic mass is 19.3.